The lowest BCUT2D eigenvalue weighted by atomic mass is 10.3. The lowest BCUT2D eigenvalue weighted by Gasteiger charge is -2.02. The van der Waals surface area contributed by atoms with E-state index in [0.29, 0.717) is 5.69 Å². The molecule has 2 N–H and O–H groups in total. The molecule has 0 bridgehead atoms. The van der Waals surface area contributed by atoms with Crippen LogP contribution in [0.4, 0.5) is 0 Å². The van der Waals surface area contributed by atoms with Gasteiger partial charge in [-0.2, -0.15) is 5.26 Å². The highest BCUT2D eigenvalue weighted by molar-refractivity contribution is 7.90. The van der Waals surface area contributed by atoms with Crippen LogP contribution in [0.5, 0.6) is 0 Å². The second-order valence-corrected chi connectivity index (χ2v) is 4.67. The van der Waals surface area contributed by atoms with Crippen LogP contribution in [0, 0.1) is 11.3 Å². The molecule has 0 unspecified atom stereocenters. The molecule has 0 saturated heterocycles. The first kappa shape index (κ1) is 10.6. The third-order valence-electron chi connectivity index (χ3n) is 1.60. The van der Waals surface area contributed by atoms with Crippen molar-refractivity contribution in [1.82, 2.24) is 4.98 Å². The van der Waals surface area contributed by atoms with Crippen molar-refractivity contribution in [3.8, 4) is 6.07 Å². The minimum atomic E-state index is -3.47. The van der Waals surface area contributed by atoms with Crippen LogP contribution in [0.3, 0.4) is 0 Å². The van der Waals surface area contributed by atoms with Gasteiger partial charge in [-0.3, -0.25) is 0 Å². The maximum atomic E-state index is 11.2. The summed E-state index contributed by atoms with van der Waals surface area (Å²) >= 11 is 0. The zero-order valence-electron chi connectivity index (χ0n) is 7.56. The Morgan fingerprint density at radius 2 is 2.21 bits per heavy atom. The number of rotatable bonds is 2. The van der Waals surface area contributed by atoms with Crippen molar-refractivity contribution < 1.29 is 8.42 Å². The Morgan fingerprint density at radius 1 is 1.57 bits per heavy atom. The highest BCUT2D eigenvalue weighted by atomic mass is 32.2. The van der Waals surface area contributed by atoms with Crippen molar-refractivity contribution in [3.05, 3.63) is 23.4 Å². The van der Waals surface area contributed by atoms with E-state index in [9.17, 15) is 8.42 Å². The Bertz CT molecular complexity index is 488. The number of sulfone groups is 1. The van der Waals surface area contributed by atoms with Gasteiger partial charge in [-0.25, -0.2) is 13.4 Å². The number of nitrogens with zero attached hydrogens (tertiary/aromatic N) is 2. The highest BCUT2D eigenvalue weighted by Crippen LogP contribution is 2.12. The number of nitriles is 1. The Morgan fingerprint density at radius 3 is 2.64 bits per heavy atom. The van der Waals surface area contributed by atoms with Crippen LogP contribution in [0.2, 0.25) is 0 Å². The van der Waals surface area contributed by atoms with Gasteiger partial charge in [0.25, 0.3) is 0 Å². The van der Waals surface area contributed by atoms with Crippen molar-refractivity contribution in [3.63, 3.8) is 0 Å². The monoisotopic (exact) mass is 211 g/mol. The van der Waals surface area contributed by atoms with Gasteiger partial charge in [-0.15, -0.1) is 0 Å². The molecule has 0 aliphatic carbocycles. The number of hydrogen-bond donors (Lipinski definition) is 1. The van der Waals surface area contributed by atoms with Crippen LogP contribution in [0.15, 0.2) is 17.2 Å². The molecule has 0 spiro atoms. The highest BCUT2D eigenvalue weighted by Gasteiger charge is 2.15. The Hall–Kier alpha value is -1.45. The molecule has 14 heavy (non-hydrogen) atoms. The van der Waals surface area contributed by atoms with Gasteiger partial charge in [0.15, 0.2) is 14.9 Å². The summed E-state index contributed by atoms with van der Waals surface area (Å²) in [7, 11) is -3.47. The quantitative estimate of drug-likeness (QED) is 0.731. The summed E-state index contributed by atoms with van der Waals surface area (Å²) in [5, 5.41) is 8.45. The SMILES string of the molecule is CS(=O)(=O)c1nc(CN)ccc1C#N. The van der Waals surface area contributed by atoms with E-state index in [1.807, 2.05) is 0 Å². The molecule has 0 atom stereocenters. The molecule has 0 fully saturated rings. The van der Waals surface area contributed by atoms with Crippen molar-refractivity contribution in [1.29, 1.82) is 5.26 Å². The van der Waals surface area contributed by atoms with Gasteiger partial charge in [0.05, 0.1) is 11.3 Å². The van der Waals surface area contributed by atoms with E-state index >= 15 is 0 Å². The van der Waals surface area contributed by atoms with Crippen LogP contribution in [0.1, 0.15) is 11.3 Å². The number of aromatic nitrogens is 1. The van der Waals surface area contributed by atoms with Gasteiger partial charge in [0, 0.05) is 12.8 Å². The topological polar surface area (TPSA) is 96.8 Å². The average molecular weight is 211 g/mol. The minimum Gasteiger partial charge on any atom is -0.325 e. The molecule has 0 radical (unpaired) electrons. The van der Waals surface area contributed by atoms with E-state index in [-0.39, 0.29) is 17.1 Å². The predicted molar refractivity (Wildman–Crippen MR) is 50.0 cm³/mol. The fourth-order valence-corrected chi connectivity index (χ4v) is 1.76. The largest absolute Gasteiger partial charge is 0.325 e. The molecule has 0 saturated carbocycles. The third-order valence-corrected chi connectivity index (χ3v) is 2.61. The van der Waals surface area contributed by atoms with E-state index in [1.54, 1.807) is 6.07 Å². The van der Waals surface area contributed by atoms with Crippen LogP contribution in [-0.2, 0) is 16.4 Å². The molecule has 0 amide bonds. The number of pyridine rings is 1. The maximum absolute atomic E-state index is 11.2. The van der Waals surface area contributed by atoms with Crippen molar-refractivity contribution in [2.45, 2.75) is 11.6 Å². The Labute approximate surface area is 82.1 Å². The molecule has 1 aromatic rings. The van der Waals surface area contributed by atoms with Crippen molar-refractivity contribution in [2.24, 2.45) is 5.73 Å². The molecule has 1 aromatic heterocycles. The Kier molecular flexibility index (Phi) is 2.84. The molecule has 1 rings (SSSR count). The van der Waals surface area contributed by atoms with E-state index in [0.717, 1.165) is 6.26 Å². The maximum Gasteiger partial charge on any atom is 0.194 e. The van der Waals surface area contributed by atoms with Gasteiger partial charge in [0.1, 0.15) is 6.07 Å². The van der Waals surface area contributed by atoms with Gasteiger partial charge < -0.3 is 5.73 Å². The summed E-state index contributed by atoms with van der Waals surface area (Å²) in [4.78, 5) is 3.80. The second-order valence-electron chi connectivity index (χ2n) is 2.74. The summed E-state index contributed by atoms with van der Waals surface area (Å²) < 4.78 is 22.5. The van der Waals surface area contributed by atoms with Gasteiger partial charge >= 0.3 is 0 Å². The molecular formula is C8H9N3O2S. The average Bonchev–Trinajstić information content (AvgIpc) is 2.15. The summed E-state index contributed by atoms with van der Waals surface area (Å²) in [6.07, 6.45) is 1.01. The molecule has 0 aliphatic rings. The minimum absolute atomic E-state index is 0.0460. The number of nitrogens with two attached hydrogens (primary N) is 1. The van der Waals surface area contributed by atoms with Crippen LogP contribution < -0.4 is 5.73 Å². The lowest BCUT2D eigenvalue weighted by molar-refractivity contribution is 0.597. The summed E-state index contributed by atoms with van der Waals surface area (Å²) in [5.41, 5.74) is 5.81. The molecule has 1 heterocycles. The van der Waals surface area contributed by atoms with Crippen molar-refractivity contribution in [2.75, 3.05) is 6.26 Å². The van der Waals surface area contributed by atoms with Crippen LogP contribution in [0.25, 0.3) is 0 Å². The molecule has 6 heteroatoms. The van der Waals surface area contributed by atoms with E-state index in [4.69, 9.17) is 11.0 Å². The smallest absolute Gasteiger partial charge is 0.194 e. The Balaban J connectivity index is 3.47. The first-order valence-corrected chi connectivity index (χ1v) is 5.68. The summed E-state index contributed by atoms with van der Waals surface area (Å²) in [5.74, 6) is 0. The van der Waals surface area contributed by atoms with E-state index in [1.165, 1.54) is 12.1 Å². The third kappa shape index (κ3) is 2.07. The summed E-state index contributed by atoms with van der Waals surface area (Å²) in [6.45, 7) is 0.147. The van der Waals surface area contributed by atoms with E-state index in [2.05, 4.69) is 4.98 Å². The van der Waals surface area contributed by atoms with Gasteiger partial charge in [0.2, 0.25) is 0 Å². The van der Waals surface area contributed by atoms with Gasteiger partial charge in [-0.05, 0) is 12.1 Å². The zero-order chi connectivity index (χ0) is 10.8. The molecule has 5 nitrogen and oxygen atoms in total. The fourth-order valence-electron chi connectivity index (χ4n) is 0.960. The zero-order valence-corrected chi connectivity index (χ0v) is 8.37. The predicted octanol–water partition coefficient (Wildman–Crippen LogP) is -0.185. The van der Waals surface area contributed by atoms with Crippen LogP contribution in [-0.4, -0.2) is 19.7 Å². The molecule has 0 aliphatic heterocycles. The van der Waals surface area contributed by atoms with E-state index < -0.39 is 9.84 Å². The van der Waals surface area contributed by atoms with Crippen molar-refractivity contribution >= 4 is 9.84 Å². The first-order chi connectivity index (χ1) is 6.49. The molecule has 0 aromatic carbocycles. The first-order valence-electron chi connectivity index (χ1n) is 3.79. The van der Waals surface area contributed by atoms with Crippen LogP contribution >= 0.6 is 0 Å². The summed E-state index contributed by atoms with van der Waals surface area (Å²) in [6, 6.07) is 4.71. The second kappa shape index (κ2) is 3.74. The standard InChI is InChI=1S/C8H9N3O2S/c1-14(12,13)8-6(4-9)2-3-7(5-10)11-8/h2-3H,5,10H2,1H3. The lowest BCUT2D eigenvalue weighted by Crippen LogP contribution is -2.08. The number of hydrogen-bond acceptors (Lipinski definition) is 5. The van der Waals surface area contributed by atoms with Gasteiger partial charge in [-0.1, -0.05) is 0 Å². The normalized spacial score (nSPS) is 10.9. The molecule has 74 valence electrons. The fraction of sp³-hybridized carbons (Fsp3) is 0.250. The molecular weight excluding hydrogens is 202 g/mol.